The highest BCUT2D eigenvalue weighted by Crippen LogP contribution is 2.15. The number of piperidine rings is 1. The molecule has 0 bridgehead atoms. The Hall–Kier alpha value is -0.820. The molecule has 4 nitrogen and oxygen atoms in total. The fourth-order valence-electron chi connectivity index (χ4n) is 2.85. The maximum Gasteiger partial charge on any atom is 0.193 e. The Bertz CT molecular complexity index is 475. The molecule has 0 amide bonds. The van der Waals surface area contributed by atoms with E-state index >= 15 is 0 Å². The van der Waals surface area contributed by atoms with Crippen LogP contribution in [-0.2, 0) is 6.42 Å². The van der Waals surface area contributed by atoms with E-state index in [1.807, 2.05) is 12.1 Å². The standard InChI is InChI=1S/C17H28N4.HI/c1-3-15-8-6-9-16(13-15)20-17(18)19-10-12-21-11-5-4-7-14(21)2;/h6,8-9,13-14H,3-5,7,10-12H2,1-2H3,(H3,18,19,20);1H. The second kappa shape index (κ2) is 10.0. The summed E-state index contributed by atoms with van der Waals surface area (Å²) in [6.45, 7) is 7.41. The molecular weight excluding hydrogens is 387 g/mol. The van der Waals surface area contributed by atoms with E-state index in [2.05, 4.69) is 41.2 Å². The highest BCUT2D eigenvalue weighted by molar-refractivity contribution is 14.0. The summed E-state index contributed by atoms with van der Waals surface area (Å²) in [5, 5.41) is 3.17. The van der Waals surface area contributed by atoms with Crippen molar-refractivity contribution in [2.75, 3.05) is 25.0 Å². The SMILES string of the molecule is CCc1cccc(NC(N)=NCCN2CCCCC2C)c1.I. The Labute approximate surface area is 151 Å². The first-order valence-corrected chi connectivity index (χ1v) is 8.09. The lowest BCUT2D eigenvalue weighted by molar-refractivity contribution is 0.166. The molecule has 0 spiro atoms. The van der Waals surface area contributed by atoms with Gasteiger partial charge in [-0.3, -0.25) is 9.89 Å². The number of hydrogen-bond acceptors (Lipinski definition) is 2. The van der Waals surface area contributed by atoms with Gasteiger partial charge >= 0.3 is 0 Å². The lowest BCUT2D eigenvalue weighted by Gasteiger charge is -2.32. The van der Waals surface area contributed by atoms with E-state index in [1.54, 1.807) is 0 Å². The molecule has 3 N–H and O–H groups in total. The van der Waals surface area contributed by atoms with Gasteiger partial charge in [0, 0.05) is 18.3 Å². The normalized spacial score (nSPS) is 19.5. The van der Waals surface area contributed by atoms with Gasteiger partial charge in [0.1, 0.15) is 0 Å². The van der Waals surface area contributed by atoms with Crippen LogP contribution >= 0.6 is 24.0 Å². The lowest BCUT2D eigenvalue weighted by Crippen LogP contribution is -2.39. The van der Waals surface area contributed by atoms with Crippen molar-refractivity contribution < 1.29 is 0 Å². The molecule has 0 saturated carbocycles. The van der Waals surface area contributed by atoms with Crippen LogP contribution < -0.4 is 11.1 Å². The van der Waals surface area contributed by atoms with Gasteiger partial charge in [-0.1, -0.05) is 25.5 Å². The topological polar surface area (TPSA) is 53.6 Å². The summed E-state index contributed by atoms with van der Waals surface area (Å²) in [5.74, 6) is 0.507. The van der Waals surface area contributed by atoms with Crippen molar-refractivity contribution in [3.8, 4) is 0 Å². The molecule has 2 rings (SSSR count). The Kier molecular flexibility index (Phi) is 8.78. The minimum absolute atomic E-state index is 0. The molecule has 1 fully saturated rings. The van der Waals surface area contributed by atoms with Gasteiger partial charge in [-0.15, -0.1) is 24.0 Å². The minimum atomic E-state index is 0. The molecular formula is C17H29IN4. The van der Waals surface area contributed by atoms with Gasteiger partial charge in [-0.05, 0) is 50.4 Å². The molecule has 1 unspecified atom stereocenters. The van der Waals surface area contributed by atoms with Crippen molar-refractivity contribution in [2.45, 2.75) is 45.6 Å². The first kappa shape index (κ1) is 19.2. The highest BCUT2D eigenvalue weighted by Gasteiger charge is 2.16. The lowest BCUT2D eigenvalue weighted by atomic mass is 10.0. The summed E-state index contributed by atoms with van der Waals surface area (Å²) < 4.78 is 0. The highest BCUT2D eigenvalue weighted by atomic mass is 127. The van der Waals surface area contributed by atoms with E-state index in [0.29, 0.717) is 12.0 Å². The van der Waals surface area contributed by atoms with Crippen LogP contribution in [0.15, 0.2) is 29.3 Å². The number of nitrogens with one attached hydrogen (secondary N) is 1. The van der Waals surface area contributed by atoms with Crippen molar-refractivity contribution >= 4 is 35.6 Å². The number of anilines is 1. The van der Waals surface area contributed by atoms with Crippen LogP contribution in [0.25, 0.3) is 0 Å². The van der Waals surface area contributed by atoms with Crippen LogP contribution in [0.2, 0.25) is 0 Å². The van der Waals surface area contributed by atoms with Crippen molar-refractivity contribution in [2.24, 2.45) is 10.7 Å². The van der Waals surface area contributed by atoms with Crippen molar-refractivity contribution in [1.29, 1.82) is 0 Å². The number of halogens is 1. The second-order valence-electron chi connectivity index (χ2n) is 5.83. The number of likely N-dealkylation sites (tertiary alicyclic amines) is 1. The average Bonchev–Trinajstić information content (AvgIpc) is 2.49. The predicted molar refractivity (Wildman–Crippen MR) is 106 cm³/mol. The van der Waals surface area contributed by atoms with Crippen molar-refractivity contribution in [3.63, 3.8) is 0 Å². The first-order chi connectivity index (χ1) is 10.2. The van der Waals surface area contributed by atoms with E-state index in [4.69, 9.17) is 5.73 Å². The number of hydrogen-bond donors (Lipinski definition) is 2. The van der Waals surface area contributed by atoms with E-state index in [9.17, 15) is 0 Å². The van der Waals surface area contributed by atoms with E-state index in [-0.39, 0.29) is 24.0 Å². The number of nitrogens with zero attached hydrogens (tertiary/aromatic N) is 2. The number of benzene rings is 1. The molecule has 1 aliphatic rings. The molecule has 0 radical (unpaired) electrons. The van der Waals surface area contributed by atoms with E-state index < -0.39 is 0 Å². The number of nitrogens with two attached hydrogens (primary N) is 1. The third-order valence-electron chi connectivity index (χ3n) is 4.22. The van der Waals surface area contributed by atoms with Crippen LogP contribution in [0.4, 0.5) is 5.69 Å². The van der Waals surface area contributed by atoms with Crippen LogP contribution in [0, 0.1) is 0 Å². The third-order valence-corrected chi connectivity index (χ3v) is 4.22. The number of rotatable bonds is 5. The van der Waals surface area contributed by atoms with Crippen LogP contribution in [0.3, 0.4) is 0 Å². The Morgan fingerprint density at radius 3 is 2.95 bits per heavy atom. The molecule has 1 aromatic carbocycles. The number of aliphatic imine (C=N–C) groups is 1. The molecule has 0 aromatic heterocycles. The molecule has 1 atom stereocenters. The molecule has 1 aromatic rings. The monoisotopic (exact) mass is 416 g/mol. The molecule has 1 saturated heterocycles. The van der Waals surface area contributed by atoms with E-state index in [0.717, 1.165) is 25.2 Å². The molecule has 124 valence electrons. The summed E-state index contributed by atoms with van der Waals surface area (Å²) in [4.78, 5) is 6.96. The molecule has 1 aliphatic heterocycles. The van der Waals surface area contributed by atoms with Crippen molar-refractivity contribution in [1.82, 2.24) is 4.90 Å². The van der Waals surface area contributed by atoms with Gasteiger partial charge in [0.25, 0.3) is 0 Å². The number of guanidine groups is 1. The molecule has 1 heterocycles. The van der Waals surface area contributed by atoms with Gasteiger partial charge < -0.3 is 11.1 Å². The van der Waals surface area contributed by atoms with Crippen LogP contribution in [-0.4, -0.2) is 36.5 Å². The summed E-state index contributed by atoms with van der Waals surface area (Å²) in [5.41, 5.74) is 8.28. The van der Waals surface area contributed by atoms with Gasteiger partial charge in [0.05, 0.1) is 6.54 Å². The first-order valence-electron chi connectivity index (χ1n) is 8.09. The number of aryl methyl sites for hydroxylation is 1. The zero-order valence-corrected chi connectivity index (χ0v) is 16.0. The van der Waals surface area contributed by atoms with Gasteiger partial charge in [0.2, 0.25) is 0 Å². The quantitative estimate of drug-likeness (QED) is 0.439. The molecule has 22 heavy (non-hydrogen) atoms. The zero-order chi connectivity index (χ0) is 15.1. The predicted octanol–water partition coefficient (Wildman–Crippen LogP) is 3.47. The zero-order valence-electron chi connectivity index (χ0n) is 13.7. The maximum atomic E-state index is 5.97. The largest absolute Gasteiger partial charge is 0.370 e. The Morgan fingerprint density at radius 1 is 1.41 bits per heavy atom. The molecule has 0 aliphatic carbocycles. The van der Waals surface area contributed by atoms with Crippen LogP contribution in [0.1, 0.15) is 38.7 Å². The maximum absolute atomic E-state index is 5.97. The molecule has 5 heteroatoms. The van der Waals surface area contributed by atoms with Crippen LogP contribution in [0.5, 0.6) is 0 Å². The summed E-state index contributed by atoms with van der Waals surface area (Å²) in [6.07, 6.45) is 5.00. The second-order valence-corrected chi connectivity index (χ2v) is 5.83. The summed E-state index contributed by atoms with van der Waals surface area (Å²) in [7, 11) is 0. The summed E-state index contributed by atoms with van der Waals surface area (Å²) >= 11 is 0. The minimum Gasteiger partial charge on any atom is -0.370 e. The fourth-order valence-corrected chi connectivity index (χ4v) is 2.85. The third kappa shape index (κ3) is 6.12. The van der Waals surface area contributed by atoms with Gasteiger partial charge in [-0.2, -0.15) is 0 Å². The van der Waals surface area contributed by atoms with Crippen molar-refractivity contribution in [3.05, 3.63) is 29.8 Å². The summed E-state index contributed by atoms with van der Waals surface area (Å²) in [6, 6.07) is 8.99. The smallest absolute Gasteiger partial charge is 0.193 e. The fraction of sp³-hybridized carbons (Fsp3) is 0.588. The van der Waals surface area contributed by atoms with Gasteiger partial charge in [0.15, 0.2) is 5.96 Å². The van der Waals surface area contributed by atoms with E-state index in [1.165, 1.54) is 31.4 Å². The Balaban J connectivity index is 0.00000242. The van der Waals surface area contributed by atoms with Gasteiger partial charge in [-0.25, -0.2) is 0 Å². The average molecular weight is 416 g/mol. The Morgan fingerprint density at radius 2 is 2.23 bits per heavy atom.